The van der Waals surface area contributed by atoms with E-state index in [1.54, 1.807) is 56.7 Å². The molecule has 5 nitrogen and oxygen atoms in total. The first-order valence-corrected chi connectivity index (χ1v) is 9.46. The van der Waals surface area contributed by atoms with E-state index in [4.69, 9.17) is 37.4 Å². The van der Waals surface area contributed by atoms with E-state index in [1.807, 2.05) is 18.2 Å². The average Bonchev–Trinajstić information content (AvgIpc) is 2.75. The molecule has 0 saturated heterocycles. The van der Waals surface area contributed by atoms with Crippen molar-refractivity contribution in [2.24, 2.45) is 0 Å². The van der Waals surface area contributed by atoms with Gasteiger partial charge in [-0.05, 0) is 42.5 Å². The minimum Gasteiger partial charge on any atom is -0.497 e. The van der Waals surface area contributed by atoms with Gasteiger partial charge in [0.15, 0.2) is 0 Å². The van der Waals surface area contributed by atoms with Crippen molar-refractivity contribution in [1.29, 1.82) is 0 Å². The highest BCUT2D eigenvalue weighted by atomic mass is 35.5. The molecule has 0 saturated carbocycles. The third-order valence-electron chi connectivity index (χ3n) is 4.18. The van der Waals surface area contributed by atoms with Gasteiger partial charge in [0.2, 0.25) is 0 Å². The average molecular weight is 432 g/mol. The molecule has 0 radical (unpaired) electrons. The molecule has 0 unspecified atom stereocenters. The van der Waals surface area contributed by atoms with Gasteiger partial charge in [-0.3, -0.25) is 4.79 Å². The highest BCUT2D eigenvalue weighted by Crippen LogP contribution is 2.30. The summed E-state index contributed by atoms with van der Waals surface area (Å²) in [6, 6.07) is 17.4. The van der Waals surface area contributed by atoms with Gasteiger partial charge in [-0.25, -0.2) is 0 Å². The standard InChI is InChI=1S/C22H19Cl2NO4/c1-27-16-5-3-6-17(12-16)29-13-15-11-14(9-10-20(15)28-2)22(26)25-19-8-4-7-18(23)21(19)24/h3-12H,13H2,1-2H3,(H,25,26). The van der Waals surface area contributed by atoms with Gasteiger partial charge in [0, 0.05) is 17.2 Å². The lowest BCUT2D eigenvalue weighted by Gasteiger charge is -2.13. The quantitative estimate of drug-likeness (QED) is 0.510. The maximum Gasteiger partial charge on any atom is 0.255 e. The number of hydrogen-bond donors (Lipinski definition) is 1. The highest BCUT2D eigenvalue weighted by molar-refractivity contribution is 6.44. The number of carbonyl (C=O) groups excluding carboxylic acids is 1. The van der Waals surface area contributed by atoms with E-state index in [1.165, 1.54) is 0 Å². The number of halogens is 2. The van der Waals surface area contributed by atoms with Crippen molar-refractivity contribution >= 4 is 34.8 Å². The van der Waals surface area contributed by atoms with Crippen LogP contribution in [0.4, 0.5) is 5.69 Å². The SMILES string of the molecule is COc1cccc(OCc2cc(C(=O)Nc3cccc(Cl)c3Cl)ccc2OC)c1. The molecule has 3 aromatic carbocycles. The Morgan fingerprint density at radius 3 is 2.45 bits per heavy atom. The van der Waals surface area contributed by atoms with Crippen molar-refractivity contribution in [3.05, 3.63) is 81.8 Å². The Kier molecular flexibility index (Phi) is 6.86. The predicted molar refractivity (Wildman–Crippen MR) is 115 cm³/mol. The molecule has 3 rings (SSSR count). The summed E-state index contributed by atoms with van der Waals surface area (Å²) < 4.78 is 16.4. The lowest BCUT2D eigenvalue weighted by molar-refractivity contribution is 0.102. The topological polar surface area (TPSA) is 56.8 Å². The number of rotatable bonds is 7. The molecule has 0 aromatic heterocycles. The van der Waals surface area contributed by atoms with Crippen molar-refractivity contribution in [2.45, 2.75) is 6.61 Å². The summed E-state index contributed by atoms with van der Waals surface area (Å²) in [5, 5.41) is 3.42. The van der Waals surface area contributed by atoms with Crippen LogP contribution < -0.4 is 19.5 Å². The van der Waals surface area contributed by atoms with Gasteiger partial charge in [0.05, 0.1) is 30.0 Å². The second-order valence-electron chi connectivity index (χ2n) is 6.05. The fourth-order valence-corrected chi connectivity index (χ4v) is 3.03. The first-order valence-electron chi connectivity index (χ1n) is 8.71. The molecule has 0 atom stereocenters. The molecule has 3 aromatic rings. The first-order chi connectivity index (χ1) is 14.0. The van der Waals surface area contributed by atoms with E-state index in [2.05, 4.69) is 5.32 Å². The van der Waals surface area contributed by atoms with Crippen LogP contribution in [0.1, 0.15) is 15.9 Å². The van der Waals surface area contributed by atoms with E-state index in [9.17, 15) is 4.79 Å². The summed E-state index contributed by atoms with van der Waals surface area (Å²) in [5.74, 6) is 1.64. The van der Waals surface area contributed by atoms with Gasteiger partial charge in [0.1, 0.15) is 23.9 Å². The molecule has 7 heteroatoms. The summed E-state index contributed by atoms with van der Waals surface area (Å²) in [6.07, 6.45) is 0. The Morgan fingerprint density at radius 1 is 0.931 bits per heavy atom. The molecular weight excluding hydrogens is 413 g/mol. The van der Waals surface area contributed by atoms with Crippen LogP contribution in [0.15, 0.2) is 60.7 Å². The summed E-state index contributed by atoms with van der Waals surface area (Å²) >= 11 is 12.2. The molecule has 0 aliphatic rings. The zero-order chi connectivity index (χ0) is 20.8. The van der Waals surface area contributed by atoms with Crippen LogP contribution in [0.3, 0.4) is 0 Å². The molecule has 0 aliphatic heterocycles. The summed E-state index contributed by atoms with van der Waals surface area (Å²) in [5.41, 5.74) is 1.60. The number of hydrogen-bond acceptors (Lipinski definition) is 4. The van der Waals surface area contributed by atoms with E-state index in [0.717, 1.165) is 5.56 Å². The number of anilines is 1. The summed E-state index contributed by atoms with van der Waals surface area (Å²) in [7, 11) is 3.16. The molecule has 0 bridgehead atoms. The Balaban J connectivity index is 1.78. The molecule has 0 aliphatic carbocycles. The second-order valence-corrected chi connectivity index (χ2v) is 6.83. The minimum atomic E-state index is -0.320. The number of nitrogens with one attached hydrogen (secondary N) is 1. The smallest absolute Gasteiger partial charge is 0.255 e. The monoisotopic (exact) mass is 431 g/mol. The summed E-state index contributed by atoms with van der Waals surface area (Å²) in [6.45, 7) is 0.218. The number of methoxy groups -OCH3 is 2. The largest absolute Gasteiger partial charge is 0.497 e. The molecule has 0 fully saturated rings. The van der Waals surface area contributed by atoms with Crippen molar-refractivity contribution in [3.8, 4) is 17.2 Å². The zero-order valence-corrected chi connectivity index (χ0v) is 17.4. The van der Waals surface area contributed by atoms with Crippen LogP contribution in [0.2, 0.25) is 10.0 Å². The van der Waals surface area contributed by atoms with Crippen molar-refractivity contribution < 1.29 is 19.0 Å². The fourth-order valence-electron chi connectivity index (χ4n) is 2.68. The predicted octanol–water partition coefficient (Wildman–Crippen LogP) is 5.84. The molecule has 29 heavy (non-hydrogen) atoms. The van der Waals surface area contributed by atoms with Crippen LogP contribution in [-0.4, -0.2) is 20.1 Å². The first kappa shape index (κ1) is 20.8. The normalized spacial score (nSPS) is 10.3. The highest BCUT2D eigenvalue weighted by Gasteiger charge is 2.13. The maximum absolute atomic E-state index is 12.7. The van der Waals surface area contributed by atoms with E-state index in [0.29, 0.717) is 33.5 Å². The van der Waals surface area contributed by atoms with Crippen LogP contribution in [-0.2, 0) is 6.61 Å². The Bertz CT molecular complexity index is 1020. The van der Waals surface area contributed by atoms with Gasteiger partial charge < -0.3 is 19.5 Å². The van der Waals surface area contributed by atoms with Crippen molar-refractivity contribution in [3.63, 3.8) is 0 Å². The van der Waals surface area contributed by atoms with Crippen LogP contribution in [0.25, 0.3) is 0 Å². The van der Waals surface area contributed by atoms with Gasteiger partial charge in [-0.1, -0.05) is 35.3 Å². The second kappa shape index (κ2) is 9.54. The number of benzene rings is 3. The van der Waals surface area contributed by atoms with Crippen molar-refractivity contribution in [1.82, 2.24) is 0 Å². The van der Waals surface area contributed by atoms with Crippen molar-refractivity contribution in [2.75, 3.05) is 19.5 Å². The van der Waals surface area contributed by atoms with Crippen LogP contribution in [0, 0.1) is 0 Å². The fraction of sp³-hybridized carbons (Fsp3) is 0.136. The Hall–Kier alpha value is -2.89. The molecule has 0 spiro atoms. The molecular formula is C22H19Cl2NO4. The summed E-state index contributed by atoms with van der Waals surface area (Å²) in [4.78, 5) is 12.7. The minimum absolute atomic E-state index is 0.218. The van der Waals surface area contributed by atoms with Gasteiger partial charge in [0.25, 0.3) is 5.91 Å². The molecule has 1 N–H and O–H groups in total. The Morgan fingerprint density at radius 2 is 1.69 bits per heavy atom. The number of carbonyl (C=O) groups is 1. The molecule has 0 heterocycles. The number of ether oxygens (including phenoxy) is 3. The lowest BCUT2D eigenvalue weighted by atomic mass is 10.1. The molecule has 1 amide bonds. The van der Waals surface area contributed by atoms with E-state index >= 15 is 0 Å². The Labute approximate surface area is 179 Å². The third kappa shape index (κ3) is 5.13. The van der Waals surface area contributed by atoms with Gasteiger partial charge >= 0.3 is 0 Å². The zero-order valence-electron chi connectivity index (χ0n) is 15.9. The lowest BCUT2D eigenvalue weighted by Crippen LogP contribution is -2.13. The maximum atomic E-state index is 12.7. The third-order valence-corrected chi connectivity index (χ3v) is 5.00. The van der Waals surface area contributed by atoms with E-state index < -0.39 is 0 Å². The van der Waals surface area contributed by atoms with E-state index in [-0.39, 0.29) is 17.5 Å². The van der Waals surface area contributed by atoms with Crippen LogP contribution >= 0.6 is 23.2 Å². The van der Waals surface area contributed by atoms with Gasteiger partial charge in [-0.2, -0.15) is 0 Å². The number of amides is 1. The van der Waals surface area contributed by atoms with Gasteiger partial charge in [-0.15, -0.1) is 0 Å². The molecule has 150 valence electrons. The van der Waals surface area contributed by atoms with Crippen LogP contribution in [0.5, 0.6) is 17.2 Å².